The van der Waals surface area contributed by atoms with E-state index in [0.717, 1.165) is 56.7 Å². The first-order valence-corrected chi connectivity index (χ1v) is 7.62. The first kappa shape index (κ1) is 15.2. The zero-order valence-corrected chi connectivity index (χ0v) is 12.9. The van der Waals surface area contributed by atoms with Gasteiger partial charge in [-0.05, 0) is 31.3 Å². The second-order valence-corrected chi connectivity index (χ2v) is 5.15. The van der Waals surface area contributed by atoms with Crippen LogP contribution >= 0.6 is 12.2 Å². The van der Waals surface area contributed by atoms with E-state index in [0.29, 0.717) is 0 Å². The molecule has 0 bridgehead atoms. The molecule has 0 spiro atoms. The minimum Gasteiger partial charge on any atom is -0.379 e. The summed E-state index contributed by atoms with van der Waals surface area (Å²) in [7, 11) is 0. The molecule has 5 heteroatoms. The van der Waals surface area contributed by atoms with Crippen LogP contribution in [0.4, 0.5) is 5.69 Å². The molecule has 4 nitrogen and oxygen atoms in total. The zero-order valence-electron chi connectivity index (χ0n) is 12.0. The summed E-state index contributed by atoms with van der Waals surface area (Å²) in [6, 6.07) is 10.3. The molecule has 1 N–H and O–H groups in total. The van der Waals surface area contributed by atoms with Gasteiger partial charge in [-0.3, -0.25) is 4.90 Å². The molecule has 1 saturated heterocycles. The van der Waals surface area contributed by atoms with Crippen molar-refractivity contribution in [2.75, 3.05) is 50.8 Å². The van der Waals surface area contributed by atoms with E-state index in [2.05, 4.69) is 34.2 Å². The summed E-state index contributed by atoms with van der Waals surface area (Å²) in [5.74, 6) is 0. The number of anilines is 1. The van der Waals surface area contributed by atoms with Crippen molar-refractivity contribution >= 4 is 23.0 Å². The molecule has 0 unspecified atom stereocenters. The monoisotopic (exact) mass is 293 g/mol. The minimum atomic E-state index is 0.798. The van der Waals surface area contributed by atoms with Gasteiger partial charge in [0, 0.05) is 38.4 Å². The third kappa shape index (κ3) is 4.44. The standard InChI is InChI=1S/C15H23N3OS/c1-2-18(14-6-4-3-5-7-14)15(20)16-8-9-17-10-12-19-13-11-17/h3-7H,2,8-13H2,1H3,(H,16,20). The van der Waals surface area contributed by atoms with Crippen LogP contribution in [0.1, 0.15) is 6.92 Å². The van der Waals surface area contributed by atoms with Crippen molar-refractivity contribution in [1.29, 1.82) is 0 Å². The topological polar surface area (TPSA) is 27.7 Å². The van der Waals surface area contributed by atoms with Crippen molar-refractivity contribution < 1.29 is 4.74 Å². The number of thiocarbonyl (C=S) groups is 1. The van der Waals surface area contributed by atoms with Gasteiger partial charge in [-0.25, -0.2) is 0 Å². The molecule has 0 amide bonds. The van der Waals surface area contributed by atoms with E-state index >= 15 is 0 Å². The predicted molar refractivity (Wildman–Crippen MR) is 87.3 cm³/mol. The third-order valence-corrected chi connectivity index (χ3v) is 3.80. The molecular formula is C15H23N3OS. The molecule has 0 aromatic heterocycles. The van der Waals surface area contributed by atoms with E-state index in [9.17, 15) is 0 Å². The van der Waals surface area contributed by atoms with Crippen LogP contribution in [0.5, 0.6) is 0 Å². The zero-order chi connectivity index (χ0) is 14.2. The second-order valence-electron chi connectivity index (χ2n) is 4.77. The van der Waals surface area contributed by atoms with E-state index in [4.69, 9.17) is 17.0 Å². The van der Waals surface area contributed by atoms with Gasteiger partial charge >= 0.3 is 0 Å². The van der Waals surface area contributed by atoms with Crippen LogP contribution < -0.4 is 10.2 Å². The number of ether oxygens (including phenoxy) is 1. The highest BCUT2D eigenvalue weighted by Crippen LogP contribution is 2.12. The molecule has 0 aliphatic carbocycles. The van der Waals surface area contributed by atoms with Gasteiger partial charge in [-0.1, -0.05) is 18.2 Å². The van der Waals surface area contributed by atoms with Crippen LogP contribution in [0, 0.1) is 0 Å². The fraction of sp³-hybridized carbons (Fsp3) is 0.533. The summed E-state index contributed by atoms with van der Waals surface area (Å²) < 4.78 is 5.34. The van der Waals surface area contributed by atoms with Crippen molar-refractivity contribution in [3.05, 3.63) is 30.3 Å². The Hall–Kier alpha value is -1.17. The maximum atomic E-state index is 5.50. The number of nitrogens with one attached hydrogen (secondary N) is 1. The molecular weight excluding hydrogens is 270 g/mol. The number of morpholine rings is 1. The Morgan fingerprint density at radius 1 is 1.30 bits per heavy atom. The fourth-order valence-corrected chi connectivity index (χ4v) is 2.63. The average molecular weight is 293 g/mol. The molecule has 1 fully saturated rings. The van der Waals surface area contributed by atoms with E-state index in [1.165, 1.54) is 0 Å². The van der Waals surface area contributed by atoms with E-state index in [-0.39, 0.29) is 0 Å². The molecule has 0 atom stereocenters. The van der Waals surface area contributed by atoms with Crippen LogP contribution in [-0.2, 0) is 4.74 Å². The van der Waals surface area contributed by atoms with Crippen LogP contribution in [0.2, 0.25) is 0 Å². The lowest BCUT2D eigenvalue weighted by Crippen LogP contribution is -2.45. The van der Waals surface area contributed by atoms with Crippen LogP contribution in [0.3, 0.4) is 0 Å². The predicted octanol–water partition coefficient (Wildman–Crippen LogP) is 1.72. The molecule has 20 heavy (non-hydrogen) atoms. The quantitative estimate of drug-likeness (QED) is 0.835. The number of rotatable bonds is 5. The van der Waals surface area contributed by atoms with Crippen molar-refractivity contribution in [2.24, 2.45) is 0 Å². The van der Waals surface area contributed by atoms with E-state index < -0.39 is 0 Å². The van der Waals surface area contributed by atoms with Gasteiger partial charge in [0.2, 0.25) is 0 Å². The Balaban J connectivity index is 1.78. The lowest BCUT2D eigenvalue weighted by molar-refractivity contribution is 0.0389. The van der Waals surface area contributed by atoms with Crippen molar-refractivity contribution in [3.8, 4) is 0 Å². The molecule has 1 heterocycles. The first-order chi connectivity index (χ1) is 9.81. The molecule has 1 aliphatic rings. The normalized spacial score (nSPS) is 15.8. The van der Waals surface area contributed by atoms with Gasteiger partial charge in [-0.15, -0.1) is 0 Å². The maximum Gasteiger partial charge on any atom is 0.173 e. The summed E-state index contributed by atoms with van der Waals surface area (Å²) in [6.45, 7) is 8.59. The van der Waals surface area contributed by atoms with Gasteiger partial charge in [0.1, 0.15) is 0 Å². The Kier molecular flexibility index (Phi) is 6.24. The molecule has 1 aromatic rings. The van der Waals surface area contributed by atoms with Gasteiger partial charge in [0.15, 0.2) is 5.11 Å². The van der Waals surface area contributed by atoms with Crippen molar-refractivity contribution in [1.82, 2.24) is 10.2 Å². The number of para-hydroxylation sites is 1. The Bertz CT molecular complexity index is 407. The number of nitrogens with zero attached hydrogens (tertiary/aromatic N) is 2. The highest BCUT2D eigenvalue weighted by atomic mass is 32.1. The second kappa shape index (κ2) is 8.19. The third-order valence-electron chi connectivity index (χ3n) is 3.44. The Labute approximate surface area is 126 Å². The smallest absolute Gasteiger partial charge is 0.173 e. The highest BCUT2D eigenvalue weighted by molar-refractivity contribution is 7.80. The van der Waals surface area contributed by atoms with E-state index in [1.54, 1.807) is 0 Å². The Morgan fingerprint density at radius 2 is 2.00 bits per heavy atom. The SMILES string of the molecule is CCN(C(=S)NCCN1CCOCC1)c1ccccc1. The molecule has 2 rings (SSSR count). The van der Waals surface area contributed by atoms with Crippen molar-refractivity contribution in [2.45, 2.75) is 6.92 Å². The van der Waals surface area contributed by atoms with Gasteiger partial charge in [-0.2, -0.15) is 0 Å². The number of hydrogen-bond donors (Lipinski definition) is 1. The molecule has 0 saturated carbocycles. The summed E-state index contributed by atoms with van der Waals surface area (Å²) in [4.78, 5) is 4.52. The van der Waals surface area contributed by atoms with E-state index in [1.807, 2.05) is 18.2 Å². The van der Waals surface area contributed by atoms with Gasteiger partial charge in [0.25, 0.3) is 0 Å². The first-order valence-electron chi connectivity index (χ1n) is 7.21. The lowest BCUT2D eigenvalue weighted by Gasteiger charge is -2.28. The molecule has 110 valence electrons. The van der Waals surface area contributed by atoms with Gasteiger partial charge < -0.3 is 15.0 Å². The molecule has 1 aliphatic heterocycles. The fourth-order valence-electron chi connectivity index (χ4n) is 2.29. The molecule has 1 aromatic carbocycles. The maximum absolute atomic E-state index is 5.50. The van der Waals surface area contributed by atoms with Crippen LogP contribution in [0.15, 0.2) is 30.3 Å². The van der Waals surface area contributed by atoms with Crippen LogP contribution in [-0.4, -0.2) is 55.9 Å². The highest BCUT2D eigenvalue weighted by Gasteiger charge is 2.12. The van der Waals surface area contributed by atoms with Gasteiger partial charge in [0.05, 0.1) is 13.2 Å². The number of hydrogen-bond acceptors (Lipinski definition) is 3. The minimum absolute atomic E-state index is 0.798. The molecule has 0 radical (unpaired) electrons. The summed E-state index contributed by atoms with van der Waals surface area (Å²) in [6.07, 6.45) is 0. The summed E-state index contributed by atoms with van der Waals surface area (Å²) in [5.41, 5.74) is 1.14. The summed E-state index contributed by atoms with van der Waals surface area (Å²) >= 11 is 5.50. The Morgan fingerprint density at radius 3 is 2.65 bits per heavy atom. The van der Waals surface area contributed by atoms with Crippen LogP contribution in [0.25, 0.3) is 0 Å². The summed E-state index contributed by atoms with van der Waals surface area (Å²) in [5, 5.41) is 4.15. The number of benzene rings is 1. The van der Waals surface area contributed by atoms with Crippen molar-refractivity contribution in [3.63, 3.8) is 0 Å². The largest absolute Gasteiger partial charge is 0.379 e. The average Bonchev–Trinajstić information content (AvgIpc) is 2.50. The lowest BCUT2D eigenvalue weighted by atomic mass is 10.3.